The molecule has 1 fully saturated rings. The van der Waals surface area contributed by atoms with E-state index in [1.54, 1.807) is 0 Å². The molecule has 2 aromatic rings. The number of aromatic nitrogens is 2. The summed E-state index contributed by atoms with van der Waals surface area (Å²) < 4.78 is 2.19. The summed E-state index contributed by atoms with van der Waals surface area (Å²) in [6.07, 6.45) is 7.73. The van der Waals surface area contributed by atoms with Crippen LogP contribution in [0, 0.1) is 0 Å². The minimum absolute atomic E-state index is 0.675. The largest absolute Gasteiger partial charge is 0.316 e. The lowest BCUT2D eigenvalue weighted by Gasteiger charge is -2.23. The predicted molar refractivity (Wildman–Crippen MR) is 69.4 cm³/mol. The first-order valence-corrected chi connectivity index (χ1v) is 6.55. The van der Waals surface area contributed by atoms with Gasteiger partial charge in [-0.1, -0.05) is 6.92 Å². The summed E-state index contributed by atoms with van der Waals surface area (Å²) in [7, 11) is 0. The van der Waals surface area contributed by atoms with Crippen molar-refractivity contribution in [1.29, 1.82) is 0 Å². The predicted octanol–water partition coefficient (Wildman–Crippen LogP) is 2.36. The first kappa shape index (κ1) is 10.8. The Hall–Kier alpha value is -1.35. The van der Waals surface area contributed by atoms with Crippen LogP contribution >= 0.6 is 0 Å². The van der Waals surface area contributed by atoms with Crippen molar-refractivity contribution in [2.24, 2.45) is 0 Å². The topological polar surface area (TPSA) is 29.3 Å². The van der Waals surface area contributed by atoms with Gasteiger partial charge in [0, 0.05) is 19.2 Å². The third-order valence-corrected chi connectivity index (χ3v) is 3.72. The second kappa shape index (κ2) is 4.49. The Morgan fingerprint density at radius 3 is 3.24 bits per heavy atom. The molecular formula is C14H19N3. The molecule has 0 amide bonds. The van der Waals surface area contributed by atoms with Gasteiger partial charge in [-0.25, -0.2) is 4.98 Å². The van der Waals surface area contributed by atoms with Gasteiger partial charge in [-0.05, 0) is 43.0 Å². The molecular weight excluding hydrogens is 210 g/mol. The second-order valence-corrected chi connectivity index (χ2v) is 4.83. The molecule has 0 aromatic carbocycles. The highest BCUT2D eigenvalue weighted by Gasteiger charge is 2.15. The molecule has 1 unspecified atom stereocenters. The molecule has 3 rings (SSSR count). The number of rotatable bonds is 2. The number of nitrogens with one attached hydrogen (secondary N) is 1. The summed E-state index contributed by atoms with van der Waals surface area (Å²) in [5.41, 5.74) is 2.68. The minimum atomic E-state index is 0.675. The SMILES string of the molecule is CCc1ncc2cc(C3CCCNC3)ccn12. The van der Waals surface area contributed by atoms with Gasteiger partial charge in [0.2, 0.25) is 0 Å². The van der Waals surface area contributed by atoms with E-state index < -0.39 is 0 Å². The van der Waals surface area contributed by atoms with Crippen LogP contribution in [0.5, 0.6) is 0 Å². The first-order chi connectivity index (χ1) is 8.38. The van der Waals surface area contributed by atoms with Crippen LogP contribution in [0.15, 0.2) is 24.5 Å². The second-order valence-electron chi connectivity index (χ2n) is 4.83. The van der Waals surface area contributed by atoms with Gasteiger partial charge in [-0.15, -0.1) is 0 Å². The third kappa shape index (κ3) is 1.95. The average molecular weight is 229 g/mol. The lowest BCUT2D eigenvalue weighted by atomic mass is 9.92. The maximum Gasteiger partial charge on any atom is 0.112 e. The highest BCUT2D eigenvalue weighted by atomic mass is 15.0. The van der Waals surface area contributed by atoms with E-state index in [1.807, 2.05) is 6.20 Å². The van der Waals surface area contributed by atoms with Crippen molar-refractivity contribution in [3.8, 4) is 0 Å². The number of piperidine rings is 1. The van der Waals surface area contributed by atoms with Crippen molar-refractivity contribution in [2.75, 3.05) is 13.1 Å². The first-order valence-electron chi connectivity index (χ1n) is 6.55. The molecule has 90 valence electrons. The van der Waals surface area contributed by atoms with Crippen LogP contribution in [0.3, 0.4) is 0 Å². The number of pyridine rings is 1. The Bertz CT molecular complexity index is 509. The zero-order chi connectivity index (χ0) is 11.7. The Balaban J connectivity index is 1.95. The lowest BCUT2D eigenvalue weighted by Crippen LogP contribution is -2.28. The normalized spacial score (nSPS) is 20.9. The zero-order valence-electron chi connectivity index (χ0n) is 10.3. The van der Waals surface area contributed by atoms with Gasteiger partial charge >= 0.3 is 0 Å². The van der Waals surface area contributed by atoms with Gasteiger partial charge in [-0.2, -0.15) is 0 Å². The third-order valence-electron chi connectivity index (χ3n) is 3.72. The molecule has 0 aliphatic carbocycles. The molecule has 1 aliphatic rings. The quantitative estimate of drug-likeness (QED) is 0.856. The summed E-state index contributed by atoms with van der Waals surface area (Å²) >= 11 is 0. The molecule has 17 heavy (non-hydrogen) atoms. The van der Waals surface area contributed by atoms with E-state index in [-0.39, 0.29) is 0 Å². The van der Waals surface area contributed by atoms with Crippen LogP contribution in [-0.2, 0) is 6.42 Å². The van der Waals surface area contributed by atoms with Gasteiger partial charge in [0.25, 0.3) is 0 Å². The fourth-order valence-corrected chi connectivity index (χ4v) is 2.72. The molecule has 3 heterocycles. The number of hydrogen-bond donors (Lipinski definition) is 1. The molecule has 3 heteroatoms. The van der Waals surface area contributed by atoms with Crippen LogP contribution in [0.4, 0.5) is 0 Å². The Labute approximate surface area is 102 Å². The van der Waals surface area contributed by atoms with Crippen molar-refractivity contribution in [3.63, 3.8) is 0 Å². The van der Waals surface area contributed by atoms with Crippen molar-refractivity contribution >= 4 is 5.52 Å². The maximum atomic E-state index is 4.45. The van der Waals surface area contributed by atoms with Crippen LogP contribution in [0.1, 0.15) is 37.1 Å². The van der Waals surface area contributed by atoms with Crippen LogP contribution < -0.4 is 5.32 Å². The van der Waals surface area contributed by atoms with Gasteiger partial charge in [0.05, 0.1) is 11.7 Å². The van der Waals surface area contributed by atoms with Gasteiger partial charge in [0.15, 0.2) is 0 Å². The number of imidazole rings is 1. The zero-order valence-corrected chi connectivity index (χ0v) is 10.3. The van der Waals surface area contributed by atoms with Gasteiger partial charge in [0.1, 0.15) is 5.82 Å². The molecule has 1 saturated heterocycles. The van der Waals surface area contributed by atoms with E-state index in [4.69, 9.17) is 0 Å². The van der Waals surface area contributed by atoms with Gasteiger partial charge < -0.3 is 9.72 Å². The summed E-state index contributed by atoms with van der Waals surface area (Å²) in [5, 5.41) is 3.48. The molecule has 0 radical (unpaired) electrons. The highest BCUT2D eigenvalue weighted by molar-refractivity contribution is 5.49. The number of nitrogens with zero attached hydrogens (tertiary/aromatic N) is 2. The summed E-state index contributed by atoms with van der Waals surface area (Å²) in [6, 6.07) is 4.55. The van der Waals surface area contributed by atoms with Crippen molar-refractivity contribution in [2.45, 2.75) is 32.1 Å². The molecule has 0 saturated carbocycles. The van der Waals surface area contributed by atoms with Crippen LogP contribution in [-0.4, -0.2) is 22.5 Å². The number of hydrogen-bond acceptors (Lipinski definition) is 2. The van der Waals surface area contributed by atoms with Crippen molar-refractivity contribution in [1.82, 2.24) is 14.7 Å². The molecule has 0 spiro atoms. The van der Waals surface area contributed by atoms with Crippen molar-refractivity contribution < 1.29 is 0 Å². The monoisotopic (exact) mass is 229 g/mol. The van der Waals surface area contributed by atoms with E-state index in [9.17, 15) is 0 Å². The minimum Gasteiger partial charge on any atom is -0.316 e. The van der Waals surface area contributed by atoms with E-state index in [0.29, 0.717) is 5.92 Å². The molecule has 2 aromatic heterocycles. The fraction of sp³-hybridized carbons (Fsp3) is 0.500. The Morgan fingerprint density at radius 2 is 2.47 bits per heavy atom. The average Bonchev–Trinajstić information content (AvgIpc) is 2.81. The molecule has 0 bridgehead atoms. The summed E-state index contributed by atoms with van der Waals surface area (Å²) in [6.45, 7) is 4.43. The van der Waals surface area contributed by atoms with E-state index in [0.717, 1.165) is 18.8 Å². The molecule has 1 N–H and O–H groups in total. The van der Waals surface area contributed by atoms with E-state index >= 15 is 0 Å². The molecule has 1 atom stereocenters. The summed E-state index contributed by atoms with van der Waals surface area (Å²) in [5.74, 6) is 1.82. The fourth-order valence-electron chi connectivity index (χ4n) is 2.72. The van der Waals surface area contributed by atoms with Crippen LogP contribution in [0.2, 0.25) is 0 Å². The maximum absolute atomic E-state index is 4.45. The van der Waals surface area contributed by atoms with Crippen molar-refractivity contribution in [3.05, 3.63) is 35.9 Å². The molecule has 1 aliphatic heterocycles. The molecule has 3 nitrogen and oxygen atoms in total. The van der Waals surface area contributed by atoms with E-state index in [1.165, 1.54) is 30.5 Å². The highest BCUT2D eigenvalue weighted by Crippen LogP contribution is 2.24. The smallest absolute Gasteiger partial charge is 0.112 e. The van der Waals surface area contributed by atoms with Crippen LogP contribution in [0.25, 0.3) is 5.52 Å². The summed E-state index contributed by atoms with van der Waals surface area (Å²) in [4.78, 5) is 4.45. The Morgan fingerprint density at radius 1 is 1.53 bits per heavy atom. The van der Waals surface area contributed by atoms with E-state index in [2.05, 4.69) is 40.0 Å². The standard InChI is InChI=1S/C14H19N3/c1-2-14-16-10-13-8-11(5-7-17(13)14)12-4-3-6-15-9-12/h5,7-8,10,12,15H,2-4,6,9H2,1H3. The number of aryl methyl sites for hydroxylation is 1. The number of fused-ring (bicyclic) bond motifs is 1. The Kier molecular flexibility index (Phi) is 2.85. The lowest BCUT2D eigenvalue weighted by molar-refractivity contribution is 0.461. The van der Waals surface area contributed by atoms with Gasteiger partial charge in [-0.3, -0.25) is 0 Å².